The van der Waals surface area contributed by atoms with Gasteiger partial charge in [0, 0.05) is 31.2 Å². The van der Waals surface area contributed by atoms with Crippen LogP contribution in [0.25, 0.3) is 11.1 Å². The zero-order valence-corrected chi connectivity index (χ0v) is 31.7. The molecule has 0 saturated carbocycles. The molecule has 0 N–H and O–H groups in total. The summed E-state index contributed by atoms with van der Waals surface area (Å²) in [5.41, 5.74) is 11.5. The summed E-state index contributed by atoms with van der Waals surface area (Å²) in [6.07, 6.45) is 6.44. The van der Waals surface area contributed by atoms with Crippen LogP contribution in [-0.4, -0.2) is 33.5 Å². The monoisotopic (exact) mass is 698 g/mol. The fourth-order valence-electron chi connectivity index (χ4n) is 7.14. The first-order valence-corrected chi connectivity index (χ1v) is 19.2. The van der Waals surface area contributed by atoms with E-state index in [1.807, 2.05) is 12.1 Å². The summed E-state index contributed by atoms with van der Waals surface area (Å²) in [5, 5.41) is 0. The summed E-state index contributed by atoms with van der Waals surface area (Å²) >= 11 is 0. The van der Waals surface area contributed by atoms with Gasteiger partial charge in [-0.3, -0.25) is 0 Å². The summed E-state index contributed by atoms with van der Waals surface area (Å²) in [4.78, 5) is 0. The van der Waals surface area contributed by atoms with E-state index in [-0.39, 0.29) is 0 Å². The lowest BCUT2D eigenvalue weighted by Gasteiger charge is -2.24. The molecule has 5 heteroatoms. The van der Waals surface area contributed by atoms with Crippen molar-refractivity contribution in [2.75, 3.05) is 33.5 Å². The molecular formula is C47H54O5. The summed E-state index contributed by atoms with van der Waals surface area (Å²) in [5.74, 6) is 4.67. The van der Waals surface area contributed by atoms with Crippen molar-refractivity contribution in [1.29, 1.82) is 0 Å². The van der Waals surface area contributed by atoms with Crippen LogP contribution in [0, 0.1) is 0 Å². The Labute approximate surface area is 310 Å². The Morgan fingerprint density at radius 3 is 1.15 bits per heavy atom. The van der Waals surface area contributed by atoms with Crippen molar-refractivity contribution in [3.63, 3.8) is 0 Å². The number of benzene rings is 5. The molecule has 52 heavy (non-hydrogen) atoms. The fraction of sp³-hybridized carbons (Fsp3) is 0.362. The van der Waals surface area contributed by atoms with Gasteiger partial charge in [-0.2, -0.15) is 0 Å². The Bertz CT molecular complexity index is 1930. The van der Waals surface area contributed by atoms with Gasteiger partial charge >= 0.3 is 0 Å². The standard InChI is InChI=1S/C47H54O5/c1-6-25-49-44-34-13-10-14-36(44)30-37-17-12-18-39(46(37)51-27-8-3)32-43-42(33-19-22-41(48-5)23-20-33)24-21-40(47(43)52-28-9-4)31-38-16-11-15-35(29-34)45(38)50-26-7-2/h10-24H,6-9,25-32H2,1-5H3. The molecule has 0 saturated heterocycles. The highest BCUT2D eigenvalue weighted by molar-refractivity contribution is 5.73. The van der Waals surface area contributed by atoms with Crippen molar-refractivity contribution >= 4 is 0 Å². The molecule has 0 aliphatic heterocycles. The summed E-state index contributed by atoms with van der Waals surface area (Å²) in [6.45, 7) is 11.2. The van der Waals surface area contributed by atoms with Crippen LogP contribution >= 0.6 is 0 Å². The molecule has 1 aliphatic rings. The van der Waals surface area contributed by atoms with Gasteiger partial charge < -0.3 is 23.7 Å². The van der Waals surface area contributed by atoms with E-state index in [0.717, 1.165) is 105 Å². The highest BCUT2D eigenvalue weighted by atomic mass is 16.5. The van der Waals surface area contributed by atoms with E-state index in [9.17, 15) is 0 Å². The van der Waals surface area contributed by atoms with Gasteiger partial charge in [-0.15, -0.1) is 0 Å². The first kappa shape index (κ1) is 36.9. The van der Waals surface area contributed by atoms with Crippen LogP contribution in [0.15, 0.2) is 91.0 Å². The van der Waals surface area contributed by atoms with Crippen LogP contribution in [0.2, 0.25) is 0 Å². The molecule has 272 valence electrons. The number of hydrogen-bond donors (Lipinski definition) is 0. The third kappa shape index (κ3) is 8.41. The molecule has 5 aromatic carbocycles. The highest BCUT2D eigenvalue weighted by Gasteiger charge is 2.23. The quantitative estimate of drug-likeness (QED) is 0.113. The predicted octanol–water partition coefficient (Wildman–Crippen LogP) is 11.2. The van der Waals surface area contributed by atoms with E-state index in [1.54, 1.807) is 7.11 Å². The number of methoxy groups -OCH3 is 1. The van der Waals surface area contributed by atoms with Crippen LogP contribution in [0.5, 0.6) is 28.7 Å². The second-order valence-corrected chi connectivity index (χ2v) is 13.6. The maximum Gasteiger partial charge on any atom is 0.126 e. The van der Waals surface area contributed by atoms with Crippen molar-refractivity contribution < 1.29 is 23.7 Å². The van der Waals surface area contributed by atoms with Crippen molar-refractivity contribution in [1.82, 2.24) is 0 Å². The smallest absolute Gasteiger partial charge is 0.126 e. The molecule has 6 rings (SSSR count). The second kappa shape index (κ2) is 18.0. The number of ether oxygens (including phenoxy) is 5. The van der Waals surface area contributed by atoms with Gasteiger partial charge in [-0.25, -0.2) is 0 Å². The van der Waals surface area contributed by atoms with E-state index in [1.165, 1.54) is 5.56 Å². The average Bonchev–Trinajstić information content (AvgIpc) is 3.16. The maximum absolute atomic E-state index is 6.82. The van der Waals surface area contributed by atoms with Gasteiger partial charge in [-0.1, -0.05) is 107 Å². The molecule has 1 aliphatic carbocycles. The van der Waals surface area contributed by atoms with Crippen LogP contribution < -0.4 is 23.7 Å². The van der Waals surface area contributed by atoms with Crippen LogP contribution in [0.3, 0.4) is 0 Å². The average molecular weight is 699 g/mol. The summed E-state index contributed by atoms with van der Waals surface area (Å²) in [7, 11) is 1.71. The molecule has 5 aromatic rings. The highest BCUT2D eigenvalue weighted by Crippen LogP contribution is 2.42. The molecule has 0 radical (unpaired) electrons. The molecule has 0 atom stereocenters. The zero-order chi connectivity index (χ0) is 36.3. The molecule has 0 amide bonds. The van der Waals surface area contributed by atoms with Crippen LogP contribution in [0.1, 0.15) is 97.9 Å². The van der Waals surface area contributed by atoms with Crippen molar-refractivity contribution in [3.05, 3.63) is 136 Å². The van der Waals surface area contributed by atoms with E-state index in [0.29, 0.717) is 52.1 Å². The summed E-state index contributed by atoms with van der Waals surface area (Å²) < 4.78 is 32.3. The minimum Gasteiger partial charge on any atom is -0.497 e. The van der Waals surface area contributed by atoms with Gasteiger partial charge in [0.15, 0.2) is 0 Å². The lowest BCUT2D eigenvalue weighted by molar-refractivity contribution is 0.305. The Morgan fingerprint density at radius 1 is 0.404 bits per heavy atom. The predicted molar refractivity (Wildman–Crippen MR) is 212 cm³/mol. The lowest BCUT2D eigenvalue weighted by atomic mass is 9.88. The fourth-order valence-corrected chi connectivity index (χ4v) is 7.14. The molecule has 0 unspecified atom stereocenters. The Morgan fingerprint density at radius 2 is 0.769 bits per heavy atom. The van der Waals surface area contributed by atoms with Crippen molar-refractivity contribution in [2.24, 2.45) is 0 Å². The number of para-hydroxylation sites is 3. The van der Waals surface area contributed by atoms with E-state index >= 15 is 0 Å². The second-order valence-electron chi connectivity index (χ2n) is 13.6. The van der Waals surface area contributed by atoms with Gasteiger partial charge in [-0.05, 0) is 87.9 Å². The molecule has 0 aromatic heterocycles. The molecule has 5 nitrogen and oxygen atoms in total. The Balaban J connectivity index is 1.63. The van der Waals surface area contributed by atoms with Gasteiger partial charge in [0.05, 0.1) is 33.5 Å². The Kier molecular flexibility index (Phi) is 12.8. The van der Waals surface area contributed by atoms with Gasteiger partial charge in [0.25, 0.3) is 0 Å². The first-order valence-electron chi connectivity index (χ1n) is 19.2. The summed E-state index contributed by atoms with van der Waals surface area (Å²) in [6, 6.07) is 32.6. The normalized spacial score (nSPS) is 12.2. The molecular weight excluding hydrogens is 645 g/mol. The topological polar surface area (TPSA) is 46.2 Å². The van der Waals surface area contributed by atoms with Crippen LogP contribution in [0.4, 0.5) is 0 Å². The maximum atomic E-state index is 6.82. The lowest BCUT2D eigenvalue weighted by Crippen LogP contribution is -2.10. The van der Waals surface area contributed by atoms with Gasteiger partial charge in [0.2, 0.25) is 0 Å². The first-order chi connectivity index (χ1) is 25.6. The molecule has 0 fully saturated rings. The van der Waals surface area contributed by atoms with E-state index < -0.39 is 0 Å². The minimum absolute atomic E-state index is 0.625. The minimum atomic E-state index is 0.625. The zero-order valence-electron chi connectivity index (χ0n) is 31.7. The third-order valence-corrected chi connectivity index (χ3v) is 9.59. The van der Waals surface area contributed by atoms with E-state index in [2.05, 4.69) is 107 Å². The van der Waals surface area contributed by atoms with Crippen molar-refractivity contribution in [2.45, 2.75) is 79.1 Å². The number of rotatable bonds is 14. The van der Waals surface area contributed by atoms with Gasteiger partial charge in [0.1, 0.15) is 28.7 Å². The van der Waals surface area contributed by atoms with Crippen LogP contribution in [-0.2, 0) is 25.7 Å². The van der Waals surface area contributed by atoms with Crippen molar-refractivity contribution in [3.8, 4) is 39.9 Å². The molecule has 0 heterocycles. The van der Waals surface area contributed by atoms with E-state index in [4.69, 9.17) is 23.7 Å². The number of fused-ring (bicyclic) bond motifs is 8. The number of hydrogen-bond acceptors (Lipinski definition) is 5. The third-order valence-electron chi connectivity index (χ3n) is 9.59. The SMILES string of the molecule is CCCOc1c2cccc1Cc1cccc(c1OCCC)Cc1c(-c3ccc(OC)cc3)ccc(c1OCCC)Cc1cccc(c1OCCC)C2. The Hall–Kier alpha value is -4.90. The molecule has 8 bridgehead atoms. The largest absolute Gasteiger partial charge is 0.497 e. The molecule has 0 spiro atoms.